The second-order valence-corrected chi connectivity index (χ2v) is 4.68. The molecule has 6 heteroatoms. The molecule has 0 aromatic heterocycles. The van der Waals surface area contributed by atoms with Gasteiger partial charge >= 0.3 is 0 Å². The van der Waals surface area contributed by atoms with E-state index in [4.69, 9.17) is 15.8 Å². The maximum absolute atomic E-state index is 14.0. The van der Waals surface area contributed by atoms with Crippen molar-refractivity contribution in [1.82, 2.24) is 4.90 Å². The fraction of sp³-hybridized carbons (Fsp3) is 0.308. The number of halogens is 2. The van der Waals surface area contributed by atoms with Crippen molar-refractivity contribution in [2.75, 3.05) is 13.1 Å². The molecule has 2 aliphatic rings. The van der Waals surface area contributed by atoms with Gasteiger partial charge in [0.2, 0.25) is 0 Å². The van der Waals surface area contributed by atoms with Gasteiger partial charge in [-0.05, 0) is 0 Å². The van der Waals surface area contributed by atoms with E-state index >= 15 is 0 Å². The van der Waals surface area contributed by atoms with Gasteiger partial charge in [-0.15, -0.1) is 0 Å². The average Bonchev–Trinajstić information content (AvgIpc) is 3.24. The standard InChI is InChI=1S/C13H6F2N4/c14-11-7(1-2-16)10(13-5-19(13)6-13)8(3-17)9(4-18)12(11)15/h1,5-6H2. The van der Waals surface area contributed by atoms with Gasteiger partial charge in [-0.1, -0.05) is 0 Å². The summed E-state index contributed by atoms with van der Waals surface area (Å²) in [4.78, 5) is 1.96. The molecule has 0 radical (unpaired) electrons. The summed E-state index contributed by atoms with van der Waals surface area (Å²) in [5.74, 6) is -2.52. The van der Waals surface area contributed by atoms with Crippen molar-refractivity contribution >= 4 is 0 Å². The Balaban J connectivity index is 2.37. The molecule has 1 aromatic rings. The highest BCUT2D eigenvalue weighted by atomic mass is 19.2. The predicted molar refractivity (Wildman–Crippen MR) is 58.4 cm³/mol. The van der Waals surface area contributed by atoms with Crippen molar-refractivity contribution in [3.05, 3.63) is 33.9 Å². The zero-order chi connectivity index (χ0) is 13.8. The third-order valence-corrected chi connectivity index (χ3v) is 3.73. The van der Waals surface area contributed by atoms with Crippen LogP contribution in [0.4, 0.5) is 8.78 Å². The van der Waals surface area contributed by atoms with Crippen LogP contribution in [0.15, 0.2) is 0 Å². The Labute approximate surface area is 107 Å². The lowest BCUT2D eigenvalue weighted by Crippen LogP contribution is -2.14. The van der Waals surface area contributed by atoms with Crippen molar-refractivity contribution < 1.29 is 8.78 Å². The zero-order valence-electron chi connectivity index (χ0n) is 9.67. The van der Waals surface area contributed by atoms with Crippen LogP contribution in [0.5, 0.6) is 0 Å². The monoisotopic (exact) mass is 256 g/mol. The minimum absolute atomic E-state index is 0.0875. The Bertz CT molecular complexity index is 727. The molecule has 0 aliphatic carbocycles. The fourth-order valence-electron chi connectivity index (χ4n) is 2.54. The molecule has 0 spiro atoms. The van der Waals surface area contributed by atoms with Crippen LogP contribution < -0.4 is 0 Å². The molecule has 0 N–H and O–H groups in total. The molecule has 2 saturated heterocycles. The van der Waals surface area contributed by atoms with E-state index < -0.39 is 22.7 Å². The SMILES string of the molecule is N#CCc1c(F)c(F)c(C#N)c(C#N)c1C12CN1C2. The number of rotatable bonds is 2. The highest BCUT2D eigenvalue weighted by Crippen LogP contribution is 2.59. The van der Waals surface area contributed by atoms with Crippen LogP contribution in [0, 0.1) is 45.6 Å². The van der Waals surface area contributed by atoms with Crippen LogP contribution in [-0.2, 0) is 12.0 Å². The van der Waals surface area contributed by atoms with Gasteiger partial charge in [0.1, 0.15) is 17.7 Å². The van der Waals surface area contributed by atoms with Crippen LogP contribution in [0.3, 0.4) is 0 Å². The van der Waals surface area contributed by atoms with Gasteiger partial charge in [0.05, 0.1) is 23.6 Å². The molecule has 2 heterocycles. The van der Waals surface area contributed by atoms with Crippen LogP contribution >= 0.6 is 0 Å². The summed E-state index contributed by atoms with van der Waals surface area (Å²) in [5.41, 5.74) is -0.892. The summed E-state index contributed by atoms with van der Waals surface area (Å²) in [6.45, 7) is 1.33. The minimum Gasteiger partial charge on any atom is -0.287 e. The van der Waals surface area contributed by atoms with Crippen LogP contribution in [-0.4, -0.2) is 18.0 Å². The summed E-state index contributed by atoms with van der Waals surface area (Å²) in [7, 11) is 0. The molecule has 2 aliphatic heterocycles. The highest BCUT2D eigenvalue weighted by molar-refractivity contribution is 5.62. The number of benzene rings is 1. The van der Waals surface area contributed by atoms with Crippen LogP contribution in [0.25, 0.3) is 0 Å². The maximum atomic E-state index is 14.0. The number of nitrogens with zero attached hydrogens (tertiary/aromatic N) is 4. The van der Waals surface area contributed by atoms with Crippen molar-refractivity contribution in [3.63, 3.8) is 0 Å². The quantitative estimate of drug-likeness (QED) is 0.747. The molecule has 4 nitrogen and oxygen atoms in total. The van der Waals surface area contributed by atoms with Gasteiger partial charge < -0.3 is 0 Å². The topological polar surface area (TPSA) is 74.4 Å². The highest BCUT2D eigenvalue weighted by Gasteiger charge is 2.70. The molecular weight excluding hydrogens is 250 g/mol. The lowest BCUT2D eigenvalue weighted by atomic mass is 9.87. The van der Waals surface area contributed by atoms with Gasteiger partial charge in [0, 0.05) is 24.2 Å². The lowest BCUT2D eigenvalue weighted by molar-refractivity contribution is 0.495. The molecule has 3 rings (SSSR count). The zero-order valence-corrected chi connectivity index (χ0v) is 9.67. The molecule has 2 fully saturated rings. The number of hydrogen-bond donors (Lipinski definition) is 0. The van der Waals surface area contributed by atoms with Gasteiger partial charge in [-0.2, -0.15) is 15.8 Å². The van der Waals surface area contributed by atoms with Crippen molar-refractivity contribution in [2.45, 2.75) is 12.0 Å². The number of nitriles is 3. The van der Waals surface area contributed by atoms with E-state index in [-0.39, 0.29) is 17.5 Å². The lowest BCUT2D eigenvalue weighted by Gasteiger charge is -2.13. The smallest absolute Gasteiger partial charge is 0.178 e. The van der Waals surface area contributed by atoms with E-state index in [0.29, 0.717) is 18.7 Å². The summed E-state index contributed by atoms with van der Waals surface area (Å²) in [6.07, 6.45) is -0.311. The Morgan fingerprint density at radius 2 is 1.63 bits per heavy atom. The van der Waals surface area contributed by atoms with E-state index in [1.165, 1.54) is 0 Å². The average molecular weight is 256 g/mol. The normalized spacial score (nSPS) is 25.7. The molecule has 1 aromatic carbocycles. The van der Waals surface area contributed by atoms with Crippen molar-refractivity contribution in [2.24, 2.45) is 0 Å². The van der Waals surface area contributed by atoms with Crippen LogP contribution in [0.1, 0.15) is 22.3 Å². The third kappa shape index (κ3) is 1.31. The first kappa shape index (κ1) is 11.6. The molecule has 0 bridgehead atoms. The summed E-state index contributed by atoms with van der Waals surface area (Å²) >= 11 is 0. The minimum atomic E-state index is -1.34. The molecule has 0 unspecified atom stereocenters. The summed E-state index contributed by atoms with van der Waals surface area (Å²) in [6, 6.07) is 5.12. The molecule has 92 valence electrons. The Hall–Kier alpha value is -2.49. The van der Waals surface area contributed by atoms with E-state index in [1.807, 2.05) is 4.90 Å². The molecule has 19 heavy (non-hydrogen) atoms. The first-order valence-corrected chi connectivity index (χ1v) is 5.57. The van der Waals surface area contributed by atoms with Crippen molar-refractivity contribution in [3.8, 4) is 18.2 Å². The van der Waals surface area contributed by atoms with Gasteiger partial charge in [0.25, 0.3) is 0 Å². The number of hydrogen-bond acceptors (Lipinski definition) is 4. The Morgan fingerprint density at radius 1 is 1.05 bits per heavy atom. The van der Waals surface area contributed by atoms with E-state index in [9.17, 15) is 8.78 Å². The predicted octanol–water partition coefficient (Wildman–Crippen LogP) is 1.30. The first-order valence-electron chi connectivity index (χ1n) is 5.57. The summed E-state index contributed by atoms with van der Waals surface area (Å²) < 4.78 is 27.7. The van der Waals surface area contributed by atoms with Gasteiger partial charge in [-0.3, -0.25) is 4.90 Å². The largest absolute Gasteiger partial charge is 0.287 e. The molecule has 0 atom stereocenters. The van der Waals surface area contributed by atoms with Gasteiger partial charge in [-0.25, -0.2) is 8.78 Å². The fourth-order valence-corrected chi connectivity index (χ4v) is 2.54. The third-order valence-electron chi connectivity index (χ3n) is 3.73. The van der Waals surface area contributed by atoms with Gasteiger partial charge in [0.15, 0.2) is 11.6 Å². The molecular formula is C13H6F2N4. The van der Waals surface area contributed by atoms with E-state index in [0.717, 1.165) is 0 Å². The number of fused-ring (bicyclic) bond motifs is 1. The Morgan fingerprint density at radius 3 is 2.05 bits per heavy atom. The van der Waals surface area contributed by atoms with Crippen molar-refractivity contribution in [1.29, 1.82) is 15.8 Å². The molecule has 0 amide bonds. The van der Waals surface area contributed by atoms with E-state index in [2.05, 4.69) is 0 Å². The van der Waals surface area contributed by atoms with E-state index in [1.54, 1.807) is 18.2 Å². The van der Waals surface area contributed by atoms with Crippen LogP contribution in [0.2, 0.25) is 0 Å². The maximum Gasteiger partial charge on any atom is 0.178 e. The second kappa shape index (κ2) is 3.51. The molecule has 0 saturated carbocycles. The Kier molecular flexibility index (Phi) is 2.14. The summed E-state index contributed by atoms with van der Waals surface area (Å²) in [5, 5.41) is 26.8. The second-order valence-electron chi connectivity index (χ2n) is 4.68. The first-order chi connectivity index (χ1) is 9.10.